The number of carbonyl (C=O) groups is 1. The van der Waals surface area contributed by atoms with Crippen molar-refractivity contribution in [3.8, 4) is 0 Å². The van der Waals surface area contributed by atoms with Crippen molar-refractivity contribution < 1.29 is 13.2 Å². The molecule has 2 aromatic rings. The molecule has 1 atom stereocenters. The van der Waals surface area contributed by atoms with E-state index in [1.165, 1.54) is 29.1 Å². The van der Waals surface area contributed by atoms with Gasteiger partial charge >= 0.3 is 0 Å². The van der Waals surface area contributed by atoms with Crippen molar-refractivity contribution in [3.63, 3.8) is 0 Å². The molecular formula is C25H35N3O3S. The third-order valence-electron chi connectivity index (χ3n) is 6.15. The number of carbonyl (C=O) groups excluding carboxylic acids is 1. The van der Waals surface area contributed by atoms with Crippen LogP contribution in [0.15, 0.2) is 42.5 Å². The minimum atomic E-state index is -3.63. The van der Waals surface area contributed by atoms with Gasteiger partial charge in [-0.05, 0) is 81.1 Å². The van der Waals surface area contributed by atoms with Crippen LogP contribution in [-0.2, 0) is 27.9 Å². The fraction of sp³-hybridized carbons (Fsp3) is 0.480. The van der Waals surface area contributed by atoms with E-state index in [0.29, 0.717) is 12.2 Å². The molecule has 1 fully saturated rings. The van der Waals surface area contributed by atoms with Crippen LogP contribution >= 0.6 is 0 Å². The first-order valence-corrected chi connectivity index (χ1v) is 13.1. The van der Waals surface area contributed by atoms with Gasteiger partial charge in [0.05, 0.1) is 11.9 Å². The van der Waals surface area contributed by atoms with Crippen LogP contribution in [0.2, 0.25) is 0 Å². The second-order valence-corrected chi connectivity index (χ2v) is 10.7. The van der Waals surface area contributed by atoms with E-state index < -0.39 is 16.1 Å². The highest BCUT2D eigenvalue weighted by atomic mass is 32.2. The zero-order chi connectivity index (χ0) is 23.3. The molecule has 1 heterocycles. The zero-order valence-electron chi connectivity index (χ0n) is 19.6. The van der Waals surface area contributed by atoms with Gasteiger partial charge < -0.3 is 5.32 Å². The Morgan fingerprint density at radius 3 is 2.38 bits per heavy atom. The van der Waals surface area contributed by atoms with E-state index >= 15 is 0 Å². The molecule has 1 saturated heterocycles. The third-order valence-corrected chi connectivity index (χ3v) is 7.39. The summed E-state index contributed by atoms with van der Waals surface area (Å²) >= 11 is 0. The maximum atomic E-state index is 12.9. The number of aryl methyl sites for hydroxylation is 2. The quantitative estimate of drug-likeness (QED) is 0.655. The summed E-state index contributed by atoms with van der Waals surface area (Å²) in [5.41, 5.74) is 4.80. The second kappa shape index (κ2) is 10.5. The topological polar surface area (TPSA) is 69.7 Å². The van der Waals surface area contributed by atoms with E-state index in [0.717, 1.165) is 42.6 Å². The van der Waals surface area contributed by atoms with Crippen LogP contribution < -0.4 is 9.62 Å². The smallest absolute Gasteiger partial charge is 0.243 e. The first-order chi connectivity index (χ1) is 15.1. The van der Waals surface area contributed by atoms with Gasteiger partial charge in [0.1, 0.15) is 6.04 Å². The van der Waals surface area contributed by atoms with Crippen molar-refractivity contribution in [2.45, 2.75) is 59.2 Å². The average Bonchev–Trinajstić information content (AvgIpc) is 2.74. The highest BCUT2D eigenvalue weighted by molar-refractivity contribution is 7.92. The second-order valence-electron chi connectivity index (χ2n) is 8.88. The molecule has 1 amide bonds. The molecule has 0 radical (unpaired) electrons. The van der Waals surface area contributed by atoms with Gasteiger partial charge in [0.15, 0.2) is 0 Å². The number of piperidine rings is 1. The van der Waals surface area contributed by atoms with Crippen molar-refractivity contribution in [2.75, 3.05) is 23.7 Å². The zero-order valence-corrected chi connectivity index (χ0v) is 20.4. The van der Waals surface area contributed by atoms with Crippen molar-refractivity contribution in [1.29, 1.82) is 0 Å². The molecule has 1 N–H and O–H groups in total. The summed E-state index contributed by atoms with van der Waals surface area (Å²) in [6.07, 6.45) is 4.96. The molecule has 174 valence electrons. The number of rotatable bonds is 8. The number of hydrogen-bond acceptors (Lipinski definition) is 4. The van der Waals surface area contributed by atoms with Gasteiger partial charge in [-0.15, -0.1) is 0 Å². The largest absolute Gasteiger partial charge is 0.350 e. The Balaban J connectivity index is 1.67. The normalized spacial score (nSPS) is 15.9. The number of sulfonamides is 1. The summed E-state index contributed by atoms with van der Waals surface area (Å²) in [5, 5.41) is 2.92. The molecule has 1 aliphatic heterocycles. The van der Waals surface area contributed by atoms with Crippen LogP contribution in [0.4, 0.5) is 5.69 Å². The van der Waals surface area contributed by atoms with Crippen molar-refractivity contribution in [3.05, 3.63) is 64.7 Å². The number of benzene rings is 2. The number of nitrogens with one attached hydrogen (secondary N) is 1. The van der Waals surface area contributed by atoms with Crippen LogP contribution in [0.3, 0.4) is 0 Å². The molecule has 0 spiro atoms. The lowest BCUT2D eigenvalue weighted by Crippen LogP contribution is -2.47. The van der Waals surface area contributed by atoms with Gasteiger partial charge in [0.2, 0.25) is 15.9 Å². The Kier molecular flexibility index (Phi) is 7.96. The summed E-state index contributed by atoms with van der Waals surface area (Å²) in [6, 6.07) is 12.8. The maximum Gasteiger partial charge on any atom is 0.243 e. The fourth-order valence-corrected chi connectivity index (χ4v) is 5.39. The van der Waals surface area contributed by atoms with Gasteiger partial charge in [-0.2, -0.15) is 0 Å². The molecule has 3 rings (SSSR count). The standard InChI is InChI=1S/C25H35N3O3S/c1-19-11-12-24(15-20(19)2)28(32(4,30)31)21(3)25(29)26-17-22-9-8-10-23(16-22)18-27-13-6-5-7-14-27/h8-12,15-16,21H,5-7,13-14,17-18H2,1-4H3,(H,26,29)/t21-/m1/s1. The van der Waals surface area contributed by atoms with E-state index in [1.807, 2.05) is 38.1 Å². The lowest BCUT2D eigenvalue weighted by atomic mass is 10.1. The Hall–Kier alpha value is -2.38. The Bertz CT molecular complexity index is 1050. The first-order valence-electron chi connectivity index (χ1n) is 11.3. The number of hydrogen-bond donors (Lipinski definition) is 1. The number of anilines is 1. The van der Waals surface area contributed by atoms with Crippen LogP contribution in [0.5, 0.6) is 0 Å². The molecule has 0 unspecified atom stereocenters. The van der Waals surface area contributed by atoms with Crippen molar-refractivity contribution >= 4 is 21.6 Å². The molecule has 32 heavy (non-hydrogen) atoms. The van der Waals surface area contributed by atoms with Crippen LogP contribution in [0.1, 0.15) is 48.4 Å². The maximum absolute atomic E-state index is 12.9. The van der Waals surface area contributed by atoms with E-state index in [-0.39, 0.29) is 5.91 Å². The molecule has 0 bridgehead atoms. The lowest BCUT2D eigenvalue weighted by molar-refractivity contribution is -0.122. The molecule has 0 saturated carbocycles. The SMILES string of the molecule is Cc1ccc(N([C@H](C)C(=O)NCc2cccc(CN3CCCCC3)c2)S(C)(=O)=O)cc1C. The highest BCUT2D eigenvalue weighted by Crippen LogP contribution is 2.24. The predicted octanol–water partition coefficient (Wildman–Crippen LogP) is 3.76. The lowest BCUT2D eigenvalue weighted by Gasteiger charge is -2.29. The van der Waals surface area contributed by atoms with Crippen LogP contribution in [0, 0.1) is 13.8 Å². The summed E-state index contributed by atoms with van der Waals surface area (Å²) in [6.45, 7) is 9.09. The van der Waals surface area contributed by atoms with Gasteiger partial charge in [-0.25, -0.2) is 8.42 Å². The summed E-state index contributed by atoms with van der Waals surface area (Å²) < 4.78 is 26.2. The molecule has 0 aromatic heterocycles. The Morgan fingerprint density at radius 1 is 1.03 bits per heavy atom. The van der Waals surface area contributed by atoms with Crippen molar-refractivity contribution in [2.24, 2.45) is 0 Å². The number of amides is 1. The number of nitrogens with zero attached hydrogens (tertiary/aromatic N) is 2. The summed E-state index contributed by atoms with van der Waals surface area (Å²) in [5.74, 6) is -0.324. The molecule has 1 aliphatic rings. The van der Waals surface area contributed by atoms with E-state index in [2.05, 4.69) is 22.3 Å². The minimum absolute atomic E-state index is 0.324. The monoisotopic (exact) mass is 457 g/mol. The highest BCUT2D eigenvalue weighted by Gasteiger charge is 2.29. The third kappa shape index (κ3) is 6.33. The number of likely N-dealkylation sites (tertiary alicyclic amines) is 1. The summed E-state index contributed by atoms with van der Waals surface area (Å²) in [7, 11) is -3.63. The van der Waals surface area contributed by atoms with Gasteiger partial charge in [0.25, 0.3) is 0 Å². The average molecular weight is 458 g/mol. The molecule has 2 aromatic carbocycles. The van der Waals surface area contributed by atoms with E-state index in [1.54, 1.807) is 13.0 Å². The Morgan fingerprint density at radius 2 is 1.72 bits per heavy atom. The minimum Gasteiger partial charge on any atom is -0.350 e. The van der Waals surface area contributed by atoms with Gasteiger partial charge in [0, 0.05) is 13.1 Å². The molecule has 6 nitrogen and oxygen atoms in total. The molecular weight excluding hydrogens is 422 g/mol. The molecule has 7 heteroatoms. The van der Waals surface area contributed by atoms with Crippen molar-refractivity contribution in [1.82, 2.24) is 10.2 Å². The van der Waals surface area contributed by atoms with Gasteiger partial charge in [-0.3, -0.25) is 14.0 Å². The predicted molar refractivity (Wildman–Crippen MR) is 130 cm³/mol. The first kappa shape index (κ1) is 24.3. The van der Waals surface area contributed by atoms with E-state index in [9.17, 15) is 13.2 Å². The van der Waals surface area contributed by atoms with Crippen LogP contribution in [0.25, 0.3) is 0 Å². The fourth-order valence-electron chi connectivity index (χ4n) is 4.22. The van der Waals surface area contributed by atoms with Gasteiger partial charge in [-0.1, -0.05) is 36.8 Å². The summed E-state index contributed by atoms with van der Waals surface area (Å²) in [4.78, 5) is 15.4. The molecule has 0 aliphatic carbocycles. The van der Waals surface area contributed by atoms with Crippen LogP contribution in [-0.4, -0.2) is 44.6 Å². The van der Waals surface area contributed by atoms with E-state index in [4.69, 9.17) is 0 Å². The Labute approximate surface area is 192 Å².